The van der Waals surface area contributed by atoms with Crippen molar-refractivity contribution in [3.8, 4) is 0 Å². The summed E-state index contributed by atoms with van der Waals surface area (Å²) in [6.07, 6.45) is 3.92. The van der Waals surface area contributed by atoms with Crippen LogP contribution in [0.4, 0.5) is 5.69 Å². The first-order valence-corrected chi connectivity index (χ1v) is 13.1. The molecule has 8 heteroatoms. The molecular formula is C25H29N3O4S. The number of nitrogens with zero attached hydrogens (tertiary/aromatic N) is 3. The fourth-order valence-corrected chi connectivity index (χ4v) is 6.89. The number of fused-ring (bicyclic) bond motifs is 2. The van der Waals surface area contributed by atoms with Gasteiger partial charge in [-0.05, 0) is 54.2 Å². The number of hydrogen-bond donors (Lipinski definition) is 0. The standard InChI is InChI=1S/C25H29N3O4S/c1-18(29)28-23-10-9-22(33(31,32)27-12-5-2-6-13-27)15-21(23)16-24(28)25(30)26-14-11-19-7-3-4-8-20(19)17-26/h3-4,7-10,15,24H,2,5-6,11-14,16-17H2,1H3/t24-/m1/s1. The van der Waals surface area contributed by atoms with Crippen LogP contribution < -0.4 is 4.90 Å². The molecule has 0 radical (unpaired) electrons. The number of hydrogen-bond acceptors (Lipinski definition) is 4. The van der Waals surface area contributed by atoms with E-state index in [0.717, 1.165) is 36.8 Å². The van der Waals surface area contributed by atoms with Gasteiger partial charge in [0.15, 0.2) is 0 Å². The third-order valence-electron chi connectivity index (χ3n) is 7.05. The Morgan fingerprint density at radius 2 is 1.64 bits per heavy atom. The van der Waals surface area contributed by atoms with Crippen molar-refractivity contribution in [3.63, 3.8) is 0 Å². The molecule has 3 aliphatic rings. The van der Waals surface area contributed by atoms with Gasteiger partial charge in [0.25, 0.3) is 0 Å². The molecule has 3 aliphatic heterocycles. The van der Waals surface area contributed by atoms with Gasteiger partial charge in [0.1, 0.15) is 6.04 Å². The molecule has 7 nitrogen and oxygen atoms in total. The van der Waals surface area contributed by atoms with Gasteiger partial charge in [0, 0.05) is 45.2 Å². The zero-order chi connectivity index (χ0) is 23.2. The lowest BCUT2D eigenvalue weighted by Crippen LogP contribution is -2.50. The monoisotopic (exact) mass is 467 g/mol. The second-order valence-electron chi connectivity index (χ2n) is 9.14. The van der Waals surface area contributed by atoms with Crippen LogP contribution in [-0.2, 0) is 39.0 Å². The second-order valence-corrected chi connectivity index (χ2v) is 11.1. The van der Waals surface area contributed by atoms with E-state index in [9.17, 15) is 18.0 Å². The van der Waals surface area contributed by atoms with Gasteiger partial charge in [-0.1, -0.05) is 30.7 Å². The summed E-state index contributed by atoms with van der Waals surface area (Å²) >= 11 is 0. The van der Waals surface area contributed by atoms with Crippen LogP contribution in [0.3, 0.4) is 0 Å². The molecule has 5 rings (SSSR count). The lowest BCUT2D eigenvalue weighted by molar-refractivity contribution is -0.135. The Kier molecular flexibility index (Phi) is 5.74. The van der Waals surface area contributed by atoms with E-state index in [1.807, 2.05) is 23.1 Å². The van der Waals surface area contributed by atoms with Gasteiger partial charge in [-0.25, -0.2) is 8.42 Å². The zero-order valence-corrected chi connectivity index (χ0v) is 19.7. The Morgan fingerprint density at radius 1 is 0.909 bits per heavy atom. The van der Waals surface area contributed by atoms with E-state index in [1.165, 1.54) is 17.4 Å². The van der Waals surface area contributed by atoms with Gasteiger partial charge in [0.2, 0.25) is 21.8 Å². The molecule has 0 unspecified atom stereocenters. The minimum absolute atomic E-state index is 0.0867. The molecule has 1 atom stereocenters. The highest BCUT2D eigenvalue weighted by Gasteiger charge is 2.40. The number of benzene rings is 2. The average molecular weight is 468 g/mol. The van der Waals surface area contributed by atoms with E-state index in [2.05, 4.69) is 6.07 Å². The molecule has 0 aliphatic carbocycles. The van der Waals surface area contributed by atoms with Crippen molar-refractivity contribution in [2.75, 3.05) is 24.5 Å². The molecule has 0 spiro atoms. The molecule has 2 aromatic carbocycles. The summed E-state index contributed by atoms with van der Waals surface area (Å²) in [5, 5.41) is 0. The molecule has 0 saturated carbocycles. The lowest BCUT2D eigenvalue weighted by Gasteiger charge is -2.33. The SMILES string of the molecule is CC(=O)N1c2ccc(S(=O)(=O)N3CCCCC3)cc2C[C@@H]1C(=O)N1CCc2ccccc2C1. The summed E-state index contributed by atoms with van der Waals surface area (Å²) in [5.41, 5.74) is 3.76. The minimum Gasteiger partial charge on any atom is -0.336 e. The van der Waals surface area contributed by atoms with Crippen LogP contribution in [0.15, 0.2) is 47.4 Å². The number of carbonyl (C=O) groups excluding carboxylic acids is 2. The molecule has 2 aromatic rings. The van der Waals surface area contributed by atoms with Crippen LogP contribution in [0.5, 0.6) is 0 Å². The minimum atomic E-state index is -3.58. The maximum atomic E-state index is 13.5. The number of carbonyl (C=O) groups is 2. The molecule has 1 fully saturated rings. The molecule has 3 heterocycles. The maximum absolute atomic E-state index is 13.5. The third kappa shape index (κ3) is 3.95. The van der Waals surface area contributed by atoms with Crippen LogP contribution in [0.25, 0.3) is 0 Å². The quantitative estimate of drug-likeness (QED) is 0.696. The fourth-order valence-electron chi connectivity index (χ4n) is 5.32. The van der Waals surface area contributed by atoms with E-state index >= 15 is 0 Å². The number of rotatable bonds is 3. The molecule has 174 valence electrons. The predicted octanol–water partition coefficient (Wildman–Crippen LogP) is 2.72. The van der Waals surface area contributed by atoms with Crippen molar-refractivity contribution in [3.05, 3.63) is 59.2 Å². The largest absolute Gasteiger partial charge is 0.336 e. The first kappa shape index (κ1) is 22.1. The van der Waals surface area contributed by atoms with E-state index < -0.39 is 16.1 Å². The van der Waals surface area contributed by atoms with Gasteiger partial charge in [-0.2, -0.15) is 4.31 Å². The Bertz CT molecular complexity index is 1200. The summed E-state index contributed by atoms with van der Waals surface area (Å²) in [5.74, 6) is -0.299. The van der Waals surface area contributed by atoms with E-state index in [0.29, 0.717) is 38.3 Å². The number of sulfonamides is 1. The summed E-state index contributed by atoms with van der Waals surface area (Å²) in [7, 11) is -3.58. The Hall–Kier alpha value is -2.71. The van der Waals surface area contributed by atoms with Gasteiger partial charge in [0.05, 0.1) is 4.90 Å². The van der Waals surface area contributed by atoms with E-state index in [4.69, 9.17) is 0 Å². The van der Waals surface area contributed by atoms with Crippen LogP contribution >= 0.6 is 0 Å². The predicted molar refractivity (Wildman–Crippen MR) is 125 cm³/mol. The Balaban J connectivity index is 1.41. The maximum Gasteiger partial charge on any atom is 0.246 e. The number of piperidine rings is 1. The summed E-state index contributed by atoms with van der Waals surface area (Å²) in [6.45, 7) is 3.68. The highest BCUT2D eigenvalue weighted by Crippen LogP contribution is 2.36. The highest BCUT2D eigenvalue weighted by molar-refractivity contribution is 7.89. The summed E-state index contributed by atoms with van der Waals surface area (Å²) in [4.78, 5) is 29.7. The first-order chi connectivity index (χ1) is 15.9. The Labute approximate surface area is 195 Å². The molecular weight excluding hydrogens is 438 g/mol. The van der Waals surface area contributed by atoms with Crippen molar-refractivity contribution >= 4 is 27.5 Å². The molecule has 0 aromatic heterocycles. The van der Waals surface area contributed by atoms with Gasteiger partial charge in [-0.15, -0.1) is 0 Å². The smallest absolute Gasteiger partial charge is 0.246 e. The fraction of sp³-hybridized carbons (Fsp3) is 0.440. The highest BCUT2D eigenvalue weighted by atomic mass is 32.2. The van der Waals surface area contributed by atoms with Crippen LogP contribution in [-0.4, -0.2) is 55.1 Å². The average Bonchev–Trinajstić information content (AvgIpc) is 3.23. The number of anilines is 1. The van der Waals surface area contributed by atoms with Crippen molar-refractivity contribution in [1.82, 2.24) is 9.21 Å². The van der Waals surface area contributed by atoms with Crippen molar-refractivity contribution < 1.29 is 18.0 Å². The third-order valence-corrected chi connectivity index (χ3v) is 8.95. The van der Waals surface area contributed by atoms with Crippen molar-refractivity contribution in [2.24, 2.45) is 0 Å². The van der Waals surface area contributed by atoms with Gasteiger partial charge in [-0.3, -0.25) is 14.5 Å². The number of amides is 2. The van der Waals surface area contributed by atoms with Gasteiger partial charge >= 0.3 is 0 Å². The van der Waals surface area contributed by atoms with E-state index in [1.54, 1.807) is 22.5 Å². The zero-order valence-electron chi connectivity index (χ0n) is 18.9. The second kappa shape index (κ2) is 8.57. The normalized spacial score (nSPS) is 20.9. The molecule has 33 heavy (non-hydrogen) atoms. The van der Waals surface area contributed by atoms with Crippen LogP contribution in [0.1, 0.15) is 42.9 Å². The molecule has 0 N–H and O–H groups in total. The topological polar surface area (TPSA) is 78.0 Å². The lowest BCUT2D eigenvalue weighted by atomic mass is 9.99. The Morgan fingerprint density at radius 3 is 2.36 bits per heavy atom. The van der Waals surface area contributed by atoms with Crippen LogP contribution in [0, 0.1) is 0 Å². The molecule has 0 bridgehead atoms. The van der Waals surface area contributed by atoms with E-state index in [-0.39, 0.29) is 16.7 Å². The summed E-state index contributed by atoms with van der Waals surface area (Å²) in [6, 6.07) is 12.4. The van der Waals surface area contributed by atoms with Crippen LogP contribution in [0.2, 0.25) is 0 Å². The van der Waals surface area contributed by atoms with Crippen molar-refractivity contribution in [2.45, 2.75) is 56.5 Å². The molecule has 1 saturated heterocycles. The first-order valence-electron chi connectivity index (χ1n) is 11.6. The van der Waals surface area contributed by atoms with Gasteiger partial charge < -0.3 is 4.90 Å². The molecule has 2 amide bonds. The van der Waals surface area contributed by atoms with Crippen molar-refractivity contribution in [1.29, 1.82) is 0 Å². The summed E-state index contributed by atoms with van der Waals surface area (Å²) < 4.78 is 27.8.